The van der Waals surface area contributed by atoms with Gasteiger partial charge in [-0.2, -0.15) is 0 Å². The van der Waals surface area contributed by atoms with Crippen LogP contribution in [0.25, 0.3) is 0 Å². The third-order valence-electron chi connectivity index (χ3n) is 1.46. The van der Waals surface area contributed by atoms with Crippen LogP contribution in [0.1, 0.15) is 20.8 Å². The molecule has 0 spiro atoms. The summed E-state index contributed by atoms with van der Waals surface area (Å²) in [6, 6.07) is 0. The van der Waals surface area contributed by atoms with Crippen LogP contribution in [0, 0.1) is 0 Å². The normalized spacial score (nSPS) is 16.2. The average molecular weight is 342 g/mol. The maximum atomic E-state index is 2.67. The summed E-state index contributed by atoms with van der Waals surface area (Å²) >= 11 is 1.31. The Bertz CT molecular complexity index is 63.5. The molecule has 0 bridgehead atoms. The van der Waals surface area contributed by atoms with Gasteiger partial charge in [-0.25, -0.2) is 0 Å². The molecule has 0 aliphatic carbocycles. The van der Waals surface area contributed by atoms with Crippen molar-refractivity contribution in [3.8, 4) is 0 Å². The maximum absolute atomic E-state index is 2.67. The Morgan fingerprint density at radius 1 is 1.12 bits per heavy atom. The van der Waals surface area contributed by atoms with E-state index in [0.29, 0.717) is 3.46 Å². The zero-order chi connectivity index (χ0) is 7.00. The van der Waals surface area contributed by atoms with Gasteiger partial charge in [-0.1, -0.05) is 0 Å². The van der Waals surface area contributed by atoms with Gasteiger partial charge in [0.1, 0.15) is 0 Å². The van der Waals surface area contributed by atoms with Gasteiger partial charge in [0.2, 0.25) is 0 Å². The van der Waals surface area contributed by atoms with Gasteiger partial charge in [-0.3, -0.25) is 0 Å². The molecule has 8 heavy (non-hydrogen) atoms. The van der Waals surface area contributed by atoms with Crippen molar-refractivity contribution in [2.45, 2.75) is 34.2 Å². The molecule has 2 heteroatoms. The minimum atomic E-state index is -1.37. The Kier molecular flexibility index (Phi) is 3.14. The molecular formula is C6H15ITe. The first kappa shape index (κ1) is 9.52. The van der Waals surface area contributed by atoms with E-state index in [1.54, 1.807) is 0 Å². The van der Waals surface area contributed by atoms with Gasteiger partial charge in [0.25, 0.3) is 0 Å². The van der Waals surface area contributed by atoms with E-state index in [9.17, 15) is 0 Å². The van der Waals surface area contributed by atoms with Gasteiger partial charge in [0.05, 0.1) is 0 Å². The molecule has 0 heterocycles. The summed E-state index contributed by atoms with van der Waals surface area (Å²) < 4.78 is 0.614. The van der Waals surface area contributed by atoms with E-state index in [4.69, 9.17) is 0 Å². The fraction of sp³-hybridized carbons (Fsp3) is 1.00. The molecule has 0 unspecified atom stereocenters. The molecule has 0 fully saturated rings. The molecule has 0 rings (SSSR count). The van der Waals surface area contributed by atoms with Gasteiger partial charge in [0.15, 0.2) is 0 Å². The summed E-state index contributed by atoms with van der Waals surface area (Å²) in [5, 5.41) is 0. The van der Waals surface area contributed by atoms with Crippen molar-refractivity contribution in [3.63, 3.8) is 0 Å². The number of halogens is 1. The number of hydrogen-bond donors (Lipinski definition) is 0. The van der Waals surface area contributed by atoms with Crippen molar-refractivity contribution in [1.29, 1.82) is 0 Å². The third-order valence-corrected chi connectivity index (χ3v) is 18.6. The van der Waals surface area contributed by atoms with E-state index in [1.165, 1.54) is 0 Å². The summed E-state index contributed by atoms with van der Waals surface area (Å²) in [6.07, 6.45) is 0. The Balaban J connectivity index is 4.02. The standard InChI is InChI=1S/C6H15ITe/c1-6(2,3)8(4,5)7/h1-5H3. The van der Waals surface area contributed by atoms with E-state index in [0.717, 1.165) is 0 Å². The van der Waals surface area contributed by atoms with E-state index < -0.39 is 14.2 Å². The van der Waals surface area contributed by atoms with Crippen molar-refractivity contribution >= 4 is 32.9 Å². The van der Waals surface area contributed by atoms with Crippen molar-refractivity contribution in [3.05, 3.63) is 0 Å². The molecule has 0 amide bonds. The van der Waals surface area contributed by atoms with E-state index >= 15 is 0 Å². The molecule has 0 aromatic rings. The molecule has 0 nitrogen and oxygen atoms in total. The van der Waals surface area contributed by atoms with Crippen LogP contribution in [-0.4, -0.2) is 14.2 Å². The van der Waals surface area contributed by atoms with Gasteiger partial charge >= 0.3 is 67.1 Å². The Labute approximate surface area is 66.5 Å². The van der Waals surface area contributed by atoms with Crippen LogP contribution in [-0.2, 0) is 0 Å². The molecule has 0 aliphatic heterocycles. The summed E-state index contributed by atoms with van der Waals surface area (Å²) in [6.45, 7) is 7.04. The summed E-state index contributed by atoms with van der Waals surface area (Å²) in [4.78, 5) is 4.89. The molecule has 0 saturated heterocycles. The molecule has 0 atom stereocenters. The first-order valence-corrected chi connectivity index (χ1v) is 15.3. The molecule has 0 aromatic carbocycles. The summed E-state index contributed by atoms with van der Waals surface area (Å²) in [5.74, 6) is 0. The minimum absolute atomic E-state index is 0.614. The molecule has 0 radical (unpaired) electrons. The third kappa shape index (κ3) is 2.89. The second-order valence-corrected chi connectivity index (χ2v) is 28.4. The Hall–Kier alpha value is 1.52. The van der Waals surface area contributed by atoms with Crippen LogP contribution < -0.4 is 0 Å². The quantitative estimate of drug-likeness (QED) is 0.468. The van der Waals surface area contributed by atoms with Crippen molar-refractivity contribution in [2.75, 3.05) is 0 Å². The Morgan fingerprint density at radius 2 is 1.25 bits per heavy atom. The van der Waals surface area contributed by atoms with Crippen molar-refractivity contribution in [1.82, 2.24) is 0 Å². The molecular weight excluding hydrogens is 327 g/mol. The number of hydrogen-bond acceptors (Lipinski definition) is 0. The fourth-order valence-corrected chi connectivity index (χ4v) is 0. The zero-order valence-corrected chi connectivity index (χ0v) is 10.8. The van der Waals surface area contributed by atoms with Crippen LogP contribution in [0.2, 0.25) is 13.4 Å². The molecule has 0 aliphatic rings. The zero-order valence-electron chi connectivity index (χ0n) is 6.29. The van der Waals surface area contributed by atoms with E-state index in [2.05, 4.69) is 49.4 Å². The van der Waals surface area contributed by atoms with Crippen LogP contribution in [0.3, 0.4) is 0 Å². The predicted molar refractivity (Wildman–Crippen MR) is 51.2 cm³/mol. The van der Waals surface area contributed by atoms with Crippen molar-refractivity contribution in [2.24, 2.45) is 0 Å². The molecule has 0 N–H and O–H groups in total. The van der Waals surface area contributed by atoms with Crippen LogP contribution in [0.4, 0.5) is 0 Å². The Morgan fingerprint density at radius 3 is 1.25 bits per heavy atom. The second-order valence-electron chi connectivity index (χ2n) is 3.31. The van der Waals surface area contributed by atoms with E-state index in [1.807, 2.05) is 0 Å². The predicted octanol–water partition coefficient (Wildman–Crippen LogP) is 3.43. The second kappa shape index (κ2) is 2.64. The van der Waals surface area contributed by atoms with Crippen LogP contribution in [0.15, 0.2) is 0 Å². The molecule has 52 valence electrons. The molecule has 0 saturated carbocycles. The monoisotopic (exact) mass is 344 g/mol. The SMILES string of the molecule is CC(C)(C)[Te](C)(C)I. The fourth-order valence-electron chi connectivity index (χ4n) is 0. The molecule has 0 aromatic heterocycles. The van der Waals surface area contributed by atoms with Gasteiger partial charge in [0, 0.05) is 0 Å². The summed E-state index contributed by atoms with van der Waals surface area (Å²) in [7, 11) is 0. The topological polar surface area (TPSA) is 0 Å². The van der Waals surface area contributed by atoms with Gasteiger partial charge < -0.3 is 0 Å². The van der Waals surface area contributed by atoms with Gasteiger partial charge in [-0.05, 0) is 0 Å². The first-order valence-electron chi connectivity index (χ1n) is 2.67. The summed E-state index contributed by atoms with van der Waals surface area (Å²) in [5.41, 5.74) is 0. The van der Waals surface area contributed by atoms with Gasteiger partial charge in [-0.15, -0.1) is 0 Å². The van der Waals surface area contributed by atoms with E-state index in [-0.39, 0.29) is 0 Å². The first-order chi connectivity index (χ1) is 3.25. The van der Waals surface area contributed by atoms with Crippen LogP contribution in [0.5, 0.6) is 0 Å². The van der Waals surface area contributed by atoms with Crippen LogP contribution >= 0.6 is 18.7 Å². The van der Waals surface area contributed by atoms with Crippen molar-refractivity contribution < 1.29 is 0 Å². The number of rotatable bonds is 0. The average Bonchev–Trinajstić information content (AvgIpc) is 1.25.